The molecule has 206 valence electrons. The van der Waals surface area contributed by atoms with E-state index in [4.69, 9.17) is 0 Å². The summed E-state index contributed by atoms with van der Waals surface area (Å²) in [6.45, 7) is 30.5. The lowest BCUT2D eigenvalue weighted by atomic mass is 10.3. The van der Waals surface area contributed by atoms with E-state index in [0.29, 0.717) is 0 Å². The third-order valence-electron chi connectivity index (χ3n) is 7.37. The van der Waals surface area contributed by atoms with E-state index in [0.717, 1.165) is 0 Å². The summed E-state index contributed by atoms with van der Waals surface area (Å²) in [5.74, 6) is 0. The average molecular weight is 709 g/mol. The van der Waals surface area contributed by atoms with Gasteiger partial charge in [-0.2, -0.15) is 22.7 Å². The van der Waals surface area contributed by atoms with Crippen molar-refractivity contribution in [1.82, 2.24) is 0 Å². The summed E-state index contributed by atoms with van der Waals surface area (Å²) in [5, 5.41) is 3.33. The maximum Gasteiger partial charge on any atom is 0.0923 e. The van der Waals surface area contributed by atoms with Gasteiger partial charge in [0.25, 0.3) is 0 Å². The largest absolute Gasteiger partial charge is 0.153 e. The molecule has 0 saturated heterocycles. The van der Waals surface area contributed by atoms with E-state index in [1.165, 1.54) is 0 Å². The van der Waals surface area contributed by atoms with Gasteiger partial charge in [-0.15, -0.1) is 56.7 Å². The van der Waals surface area contributed by atoms with Crippen molar-refractivity contribution in [2.24, 2.45) is 0 Å². The smallest absolute Gasteiger partial charge is 0.0923 e. The van der Waals surface area contributed by atoms with Crippen LogP contribution in [0.3, 0.4) is 0 Å². The van der Waals surface area contributed by atoms with Gasteiger partial charge in [0.05, 0.1) is 69.9 Å². The first kappa shape index (κ1) is 28.1. The normalized spacial score (nSPS) is 14.7. The van der Waals surface area contributed by atoms with Gasteiger partial charge < -0.3 is 0 Å². The van der Waals surface area contributed by atoms with Crippen LogP contribution in [0.15, 0.2) is 0 Å². The van der Waals surface area contributed by atoms with Crippen molar-refractivity contribution in [3.63, 3.8) is 0 Å². The lowest BCUT2D eigenvalue weighted by Crippen LogP contribution is -2.38. The molecule has 0 saturated carbocycles. The number of thiophene rings is 7. The molecule has 7 aromatic rings. The van der Waals surface area contributed by atoms with Gasteiger partial charge >= 0.3 is 0 Å². The van der Waals surface area contributed by atoms with Gasteiger partial charge in [-0.05, 0) is 9.00 Å². The fraction of sp³-hybridized carbons (Fsp3) is 0.429. The summed E-state index contributed by atoms with van der Waals surface area (Å²) in [6, 6.07) is 0. The summed E-state index contributed by atoms with van der Waals surface area (Å²) in [4.78, 5) is 0. The molecule has 0 spiro atoms. The molecule has 0 aliphatic heterocycles. The number of rotatable bonds is 4. The van der Waals surface area contributed by atoms with Crippen molar-refractivity contribution in [2.75, 3.05) is 0 Å². The van der Waals surface area contributed by atoms with Gasteiger partial charge in [-0.1, -0.05) is 78.6 Å². The summed E-state index contributed by atoms with van der Waals surface area (Å²) in [6.07, 6.45) is 0. The molecule has 0 aliphatic carbocycles. The van der Waals surface area contributed by atoms with E-state index in [1.54, 1.807) is 75.8 Å². The molecule has 0 aliphatic rings. The Kier molecular flexibility index (Phi) is 6.12. The predicted molar refractivity (Wildman–Crippen MR) is 209 cm³/mol. The second-order valence-corrected chi connectivity index (χ2v) is 43.7. The number of fused-ring (bicyclic) bond motifs is 11. The van der Waals surface area contributed by atoms with Crippen LogP contribution >= 0.6 is 79.4 Å². The molecule has 0 radical (unpaired) electrons. The van der Waals surface area contributed by atoms with Gasteiger partial charge in [0.2, 0.25) is 0 Å². The molecule has 0 amide bonds. The molecule has 0 bridgehead atoms. The van der Waals surface area contributed by atoms with Crippen LogP contribution in [-0.4, -0.2) is 32.3 Å². The van der Waals surface area contributed by atoms with Crippen molar-refractivity contribution < 1.29 is 0 Å². The Morgan fingerprint density at radius 3 is 0.769 bits per heavy atom. The van der Waals surface area contributed by atoms with Crippen LogP contribution in [0.25, 0.3) is 57.8 Å². The van der Waals surface area contributed by atoms with Crippen LogP contribution in [0.5, 0.6) is 0 Å². The molecule has 0 aromatic carbocycles. The summed E-state index contributed by atoms with van der Waals surface area (Å²) >= 11 is 15.0. The first-order valence-corrected chi connectivity index (χ1v) is 33.3. The highest BCUT2D eigenvalue weighted by Crippen LogP contribution is 2.56. The minimum Gasteiger partial charge on any atom is -0.153 e. The lowest BCUT2D eigenvalue weighted by Gasteiger charge is -2.16. The molecule has 0 atom stereocenters. The molecule has 7 heterocycles. The average Bonchev–Trinajstić information content (AvgIpc) is 3.52. The molecule has 0 unspecified atom stereocenters. The molecule has 39 heavy (non-hydrogen) atoms. The second kappa shape index (κ2) is 8.49. The fourth-order valence-electron chi connectivity index (χ4n) is 5.59. The quantitative estimate of drug-likeness (QED) is 0.160. The highest BCUT2D eigenvalue weighted by Gasteiger charge is 2.35. The molecule has 7 rings (SSSR count). The predicted octanol–water partition coefficient (Wildman–Crippen LogP) is 11.2. The zero-order chi connectivity index (χ0) is 28.2. The minimum absolute atomic E-state index is 1.40. The van der Waals surface area contributed by atoms with Crippen molar-refractivity contribution >= 4 is 187 Å². The van der Waals surface area contributed by atoms with Gasteiger partial charge in [-0.3, -0.25) is 0 Å². The van der Waals surface area contributed by atoms with Crippen molar-refractivity contribution in [3.8, 4) is 0 Å². The minimum atomic E-state index is -1.43. The Labute approximate surface area is 263 Å². The van der Waals surface area contributed by atoms with E-state index in [9.17, 15) is 0 Å². The number of hydrogen-bond acceptors (Lipinski definition) is 7. The molecule has 11 heteroatoms. The molecule has 0 N–H and O–H groups in total. The Hall–Kier alpha value is 0.328. The van der Waals surface area contributed by atoms with E-state index in [2.05, 4.69) is 158 Å². The fourth-order valence-corrected chi connectivity index (χ4v) is 28.0. The first-order valence-electron chi connectivity index (χ1n) is 13.6. The Balaban J connectivity index is 1.57. The third-order valence-corrected chi connectivity index (χ3v) is 31.7. The van der Waals surface area contributed by atoms with Gasteiger partial charge in [0, 0.05) is 29.2 Å². The van der Waals surface area contributed by atoms with Crippen LogP contribution in [0.1, 0.15) is 0 Å². The zero-order valence-corrected chi connectivity index (χ0v) is 34.6. The molecule has 0 fully saturated rings. The van der Waals surface area contributed by atoms with E-state index < -0.39 is 32.3 Å². The van der Waals surface area contributed by atoms with E-state index in [-0.39, 0.29) is 0 Å². The SMILES string of the molecule is C[Si](C)(C)c1sc([Si](C)(C)C)c2c1sc1c3sc4c(sc5c4sc4c([Si](C)(C)C)sc([Si](C)(C)C)c45)c3sc12. The van der Waals surface area contributed by atoms with Crippen LogP contribution < -0.4 is 18.0 Å². The summed E-state index contributed by atoms with van der Waals surface area (Å²) < 4.78 is 23.0. The molecular weight excluding hydrogens is 673 g/mol. The van der Waals surface area contributed by atoms with Crippen LogP contribution in [-0.2, 0) is 0 Å². The monoisotopic (exact) mass is 708 g/mol. The maximum atomic E-state index is 2.55. The first-order chi connectivity index (χ1) is 17.9. The van der Waals surface area contributed by atoms with Gasteiger partial charge in [-0.25, -0.2) is 0 Å². The van der Waals surface area contributed by atoms with Crippen LogP contribution in [0, 0.1) is 0 Å². The summed E-state index contributed by atoms with van der Waals surface area (Å²) in [7, 11) is -5.66. The maximum absolute atomic E-state index is 2.55. The van der Waals surface area contributed by atoms with E-state index >= 15 is 0 Å². The highest BCUT2D eigenvalue weighted by molar-refractivity contribution is 7.53. The molecular formula is C28H36S7Si4. The van der Waals surface area contributed by atoms with Gasteiger partial charge in [0.1, 0.15) is 0 Å². The van der Waals surface area contributed by atoms with Crippen molar-refractivity contribution in [3.05, 3.63) is 0 Å². The second-order valence-electron chi connectivity index (χ2n) is 15.1. The van der Waals surface area contributed by atoms with Gasteiger partial charge in [0.15, 0.2) is 0 Å². The highest BCUT2D eigenvalue weighted by atomic mass is 32.1. The Morgan fingerprint density at radius 2 is 0.487 bits per heavy atom. The zero-order valence-electron chi connectivity index (χ0n) is 24.9. The summed E-state index contributed by atoms with van der Waals surface area (Å²) in [5.41, 5.74) is 0. The van der Waals surface area contributed by atoms with E-state index in [1.807, 2.05) is 0 Å². The van der Waals surface area contributed by atoms with Crippen LogP contribution in [0.4, 0.5) is 0 Å². The van der Waals surface area contributed by atoms with Crippen molar-refractivity contribution in [1.29, 1.82) is 0 Å². The number of hydrogen-bond donors (Lipinski definition) is 0. The standard InChI is InChI=1S/C28H36S7Si4/c1-36(2,3)25-13-15-19(31-17(13)27(34-25)38(7,8)9)21-23(29-15)24-22(33-21)20-16(30-24)14-18(32-20)28(39(10,11)12)35-26(14)37(4,5)6/h1-12H3. The topological polar surface area (TPSA) is 0 Å². The Bertz CT molecular complexity index is 1950. The Morgan fingerprint density at radius 1 is 0.256 bits per heavy atom. The third kappa shape index (κ3) is 4.01. The lowest BCUT2D eigenvalue weighted by molar-refractivity contribution is 1.81. The van der Waals surface area contributed by atoms with Crippen LogP contribution in [0.2, 0.25) is 78.6 Å². The molecule has 7 aromatic heterocycles. The molecule has 0 nitrogen and oxygen atoms in total. The van der Waals surface area contributed by atoms with Crippen molar-refractivity contribution in [2.45, 2.75) is 78.6 Å².